The molecule has 0 aromatic carbocycles. The van der Waals surface area contributed by atoms with E-state index in [0.717, 1.165) is 31.3 Å². The zero-order valence-electron chi connectivity index (χ0n) is 18.1. The van der Waals surface area contributed by atoms with Crippen molar-refractivity contribution in [3.05, 3.63) is 70.9 Å². The van der Waals surface area contributed by atoms with Crippen LogP contribution in [-0.4, -0.2) is 17.2 Å². The second-order valence-electron chi connectivity index (χ2n) is 8.10. The normalized spacial score (nSPS) is 19.3. The summed E-state index contributed by atoms with van der Waals surface area (Å²) in [5.74, 6) is 0.154. The number of aryl methyl sites for hydroxylation is 1. The predicted octanol–water partition coefficient (Wildman–Crippen LogP) is 6.61. The molecule has 29 heavy (non-hydrogen) atoms. The van der Waals surface area contributed by atoms with E-state index < -0.39 is 12.1 Å². The second kappa shape index (κ2) is 11.5. The highest BCUT2D eigenvalue weighted by molar-refractivity contribution is 5.91. The van der Waals surface area contributed by atoms with Gasteiger partial charge in [-0.05, 0) is 70.4 Å². The summed E-state index contributed by atoms with van der Waals surface area (Å²) in [5.41, 5.74) is 4.10. The van der Waals surface area contributed by atoms with Crippen molar-refractivity contribution in [2.24, 2.45) is 5.92 Å². The molecule has 1 aromatic heterocycles. The topological polar surface area (TPSA) is 59.7 Å². The van der Waals surface area contributed by atoms with Gasteiger partial charge in [0.15, 0.2) is 6.10 Å². The van der Waals surface area contributed by atoms with Crippen molar-refractivity contribution < 1.29 is 19.1 Å². The van der Waals surface area contributed by atoms with Gasteiger partial charge in [0.25, 0.3) is 0 Å². The van der Waals surface area contributed by atoms with Gasteiger partial charge >= 0.3 is 5.97 Å². The highest BCUT2D eigenvalue weighted by atomic mass is 16.6. The maximum Gasteiger partial charge on any atom is 0.338 e. The van der Waals surface area contributed by atoms with Crippen molar-refractivity contribution in [2.45, 2.75) is 72.3 Å². The smallest absolute Gasteiger partial charge is 0.338 e. The molecule has 1 aliphatic heterocycles. The number of furan rings is 1. The summed E-state index contributed by atoms with van der Waals surface area (Å²) in [7, 11) is 0. The molecule has 0 amide bonds. The third kappa shape index (κ3) is 7.80. The van der Waals surface area contributed by atoms with Gasteiger partial charge in [0.05, 0.1) is 18.1 Å². The maximum absolute atomic E-state index is 11.5. The van der Waals surface area contributed by atoms with Gasteiger partial charge < -0.3 is 14.3 Å². The minimum atomic E-state index is -0.534. The van der Waals surface area contributed by atoms with E-state index in [0.29, 0.717) is 17.9 Å². The van der Waals surface area contributed by atoms with Gasteiger partial charge in [-0.3, -0.25) is 0 Å². The standard InChI is InChI=1S/C25H34O4/c1-18(8-5-9-19(2)11-7-13-22-14-15-28-17-22)10-6-12-20(3)16-23-24(26)21(4)25(27)29-23/h6,10-12,14-15,17-18,23,26H,5,7-9,13,16H2,1-4H3/b10-6+,19-11+,20-12+. The minimum absolute atomic E-state index is 0.0632. The molecule has 2 atom stereocenters. The highest BCUT2D eigenvalue weighted by Gasteiger charge is 2.31. The molecule has 2 unspecified atom stereocenters. The number of carbonyl (C=O) groups is 1. The zero-order valence-corrected chi connectivity index (χ0v) is 18.1. The first-order valence-corrected chi connectivity index (χ1v) is 10.5. The van der Waals surface area contributed by atoms with E-state index in [1.807, 2.05) is 25.3 Å². The largest absolute Gasteiger partial charge is 0.508 e. The fourth-order valence-corrected chi connectivity index (χ4v) is 3.35. The number of cyclic esters (lactones) is 1. The summed E-state index contributed by atoms with van der Waals surface area (Å²) in [6, 6.07) is 2.02. The lowest BCUT2D eigenvalue weighted by molar-refractivity contribution is -0.140. The van der Waals surface area contributed by atoms with Crippen LogP contribution in [0.15, 0.2) is 69.8 Å². The number of hydrogen-bond acceptors (Lipinski definition) is 4. The summed E-state index contributed by atoms with van der Waals surface area (Å²) >= 11 is 0. The Morgan fingerprint density at radius 2 is 2.10 bits per heavy atom. The fraction of sp³-hybridized carbons (Fsp3) is 0.480. The molecule has 0 saturated heterocycles. The van der Waals surface area contributed by atoms with Crippen molar-refractivity contribution >= 4 is 5.97 Å². The molecule has 1 N–H and O–H groups in total. The number of hydrogen-bond donors (Lipinski definition) is 1. The van der Waals surface area contributed by atoms with Crippen LogP contribution in [0.2, 0.25) is 0 Å². The molecule has 0 fully saturated rings. The molecule has 4 heteroatoms. The van der Waals surface area contributed by atoms with Crippen molar-refractivity contribution in [3.8, 4) is 0 Å². The fourth-order valence-electron chi connectivity index (χ4n) is 3.35. The van der Waals surface area contributed by atoms with E-state index >= 15 is 0 Å². The molecule has 1 aromatic rings. The molecule has 2 heterocycles. The van der Waals surface area contributed by atoms with Gasteiger partial charge in [-0.2, -0.15) is 0 Å². The third-order valence-corrected chi connectivity index (χ3v) is 5.31. The minimum Gasteiger partial charge on any atom is -0.508 e. The summed E-state index contributed by atoms with van der Waals surface area (Å²) in [5, 5.41) is 9.91. The molecule has 0 spiro atoms. The van der Waals surface area contributed by atoms with Crippen molar-refractivity contribution in [1.29, 1.82) is 0 Å². The number of aliphatic hydroxyl groups excluding tert-OH is 1. The van der Waals surface area contributed by atoms with Gasteiger partial charge in [0.1, 0.15) is 5.76 Å². The van der Waals surface area contributed by atoms with E-state index in [1.54, 1.807) is 13.2 Å². The van der Waals surface area contributed by atoms with E-state index in [-0.39, 0.29) is 5.76 Å². The molecular weight excluding hydrogens is 364 g/mol. The first-order chi connectivity index (χ1) is 13.9. The van der Waals surface area contributed by atoms with Crippen LogP contribution in [0.1, 0.15) is 65.4 Å². The van der Waals surface area contributed by atoms with Crippen molar-refractivity contribution in [2.75, 3.05) is 0 Å². The molecule has 0 saturated carbocycles. The Labute approximate surface area is 174 Å². The first kappa shape index (κ1) is 22.8. The Balaban J connectivity index is 1.65. The summed E-state index contributed by atoms with van der Waals surface area (Å²) in [6.07, 6.45) is 17.7. The molecule has 158 valence electrons. The van der Waals surface area contributed by atoms with E-state index in [1.165, 1.54) is 17.6 Å². The van der Waals surface area contributed by atoms with Crippen molar-refractivity contribution in [1.82, 2.24) is 0 Å². The van der Waals surface area contributed by atoms with Crippen LogP contribution in [0.5, 0.6) is 0 Å². The van der Waals surface area contributed by atoms with E-state index in [9.17, 15) is 9.90 Å². The molecule has 0 bridgehead atoms. The average Bonchev–Trinajstić information content (AvgIpc) is 3.27. The Morgan fingerprint density at radius 3 is 2.76 bits per heavy atom. The Hall–Kier alpha value is -2.49. The second-order valence-corrected chi connectivity index (χ2v) is 8.10. The summed E-state index contributed by atoms with van der Waals surface area (Å²) < 4.78 is 10.3. The van der Waals surface area contributed by atoms with Crippen molar-refractivity contribution in [3.63, 3.8) is 0 Å². The van der Waals surface area contributed by atoms with Crippen LogP contribution in [0, 0.1) is 5.92 Å². The summed E-state index contributed by atoms with van der Waals surface area (Å²) in [4.78, 5) is 11.5. The van der Waals surface area contributed by atoms with Crippen LogP contribution in [-0.2, 0) is 16.0 Å². The molecular formula is C25H34O4. The Kier molecular flexibility index (Phi) is 9.04. The number of rotatable bonds is 11. The van der Waals surface area contributed by atoms with Gasteiger partial charge in [-0.25, -0.2) is 4.79 Å². The molecule has 2 rings (SSSR count). The monoisotopic (exact) mass is 398 g/mol. The summed E-state index contributed by atoms with van der Waals surface area (Å²) in [6.45, 7) is 8.02. The Morgan fingerprint density at radius 1 is 1.31 bits per heavy atom. The first-order valence-electron chi connectivity index (χ1n) is 10.5. The number of esters is 1. The SMILES string of the molecule is CC1=C(O)C(C/C(C)=C/C=C/C(C)CCC/C(C)=C/CCc2ccoc2)OC1=O. The third-order valence-electron chi connectivity index (χ3n) is 5.31. The lowest BCUT2D eigenvalue weighted by atomic mass is 10.00. The quantitative estimate of drug-likeness (QED) is 0.259. The van der Waals surface area contributed by atoms with Gasteiger partial charge in [-0.1, -0.05) is 42.4 Å². The molecule has 0 radical (unpaired) electrons. The number of ether oxygens (including phenoxy) is 1. The van der Waals surface area contributed by atoms with Crippen LogP contribution < -0.4 is 0 Å². The average molecular weight is 399 g/mol. The zero-order chi connectivity index (χ0) is 21.2. The maximum atomic E-state index is 11.5. The van der Waals surface area contributed by atoms with Gasteiger partial charge in [-0.15, -0.1) is 0 Å². The lowest BCUT2D eigenvalue weighted by Gasteiger charge is -2.10. The molecule has 1 aliphatic rings. The van der Waals surface area contributed by atoms with Crippen LogP contribution in [0.4, 0.5) is 0 Å². The van der Waals surface area contributed by atoms with Crippen LogP contribution >= 0.6 is 0 Å². The van der Waals surface area contributed by atoms with E-state index in [4.69, 9.17) is 9.15 Å². The Bertz CT molecular complexity index is 778. The van der Waals surface area contributed by atoms with Gasteiger partial charge in [0.2, 0.25) is 0 Å². The number of allylic oxidation sites excluding steroid dienone is 5. The predicted molar refractivity (Wildman–Crippen MR) is 117 cm³/mol. The highest BCUT2D eigenvalue weighted by Crippen LogP contribution is 2.25. The lowest BCUT2D eigenvalue weighted by Crippen LogP contribution is -2.11. The number of carbonyl (C=O) groups excluding carboxylic acids is 1. The molecule has 0 aliphatic carbocycles. The van der Waals surface area contributed by atoms with Gasteiger partial charge in [0, 0.05) is 6.42 Å². The number of aliphatic hydroxyl groups is 1. The van der Waals surface area contributed by atoms with Crippen LogP contribution in [0.25, 0.3) is 0 Å². The van der Waals surface area contributed by atoms with Crippen LogP contribution in [0.3, 0.4) is 0 Å². The van der Waals surface area contributed by atoms with E-state index in [2.05, 4.69) is 32.1 Å². The molecule has 4 nitrogen and oxygen atoms in total.